The number of aromatic nitrogens is 4. The Balaban J connectivity index is 1.33. The maximum atomic E-state index is 13.8. The summed E-state index contributed by atoms with van der Waals surface area (Å²) >= 11 is 0. The summed E-state index contributed by atoms with van der Waals surface area (Å²) in [6.07, 6.45) is 8.28. The molecule has 1 saturated carbocycles. The number of carbonyl (C=O) groups is 1. The second-order valence-corrected chi connectivity index (χ2v) is 8.66. The first-order valence-corrected chi connectivity index (χ1v) is 11.0. The van der Waals surface area contributed by atoms with E-state index in [2.05, 4.69) is 37.0 Å². The minimum absolute atomic E-state index is 0.113. The molecule has 0 aromatic carbocycles. The van der Waals surface area contributed by atoms with Crippen LogP contribution in [-0.2, 0) is 4.79 Å². The van der Waals surface area contributed by atoms with Gasteiger partial charge in [-0.2, -0.15) is 0 Å². The van der Waals surface area contributed by atoms with Crippen molar-refractivity contribution in [1.82, 2.24) is 24.8 Å². The van der Waals surface area contributed by atoms with Gasteiger partial charge in [0, 0.05) is 48.4 Å². The number of likely N-dealkylation sites (tertiary alicyclic amines) is 1. The third-order valence-corrected chi connectivity index (χ3v) is 6.48. The Morgan fingerprint density at radius 2 is 2.06 bits per heavy atom. The third kappa shape index (κ3) is 3.88. The van der Waals surface area contributed by atoms with Gasteiger partial charge < -0.3 is 15.2 Å². The second-order valence-electron chi connectivity index (χ2n) is 8.66. The van der Waals surface area contributed by atoms with Gasteiger partial charge in [-0.15, -0.1) is 0 Å². The molecule has 3 aromatic rings. The molecule has 2 fully saturated rings. The molecule has 1 saturated heterocycles. The molecule has 5 rings (SSSR count). The first kappa shape index (κ1) is 20.4. The number of H-pyrrole nitrogens is 1. The molecular formula is C23H24FN7O. The molecule has 8 nitrogen and oxygen atoms in total. The SMILES string of the molecule is [C-]#[N+]c1cnc(NC(C)C2CCN(C(=O)C3CC3)CC2)nc1-c1c[nH]c2ncc(F)cc12. The third-order valence-electron chi connectivity index (χ3n) is 6.48. The van der Waals surface area contributed by atoms with Crippen LogP contribution in [0.2, 0.25) is 0 Å². The van der Waals surface area contributed by atoms with Gasteiger partial charge in [-0.25, -0.2) is 24.2 Å². The molecule has 0 spiro atoms. The van der Waals surface area contributed by atoms with E-state index in [1.807, 2.05) is 4.90 Å². The van der Waals surface area contributed by atoms with Gasteiger partial charge >= 0.3 is 0 Å². The average Bonchev–Trinajstić information content (AvgIpc) is 3.58. The quantitative estimate of drug-likeness (QED) is 0.590. The molecule has 1 aliphatic heterocycles. The molecule has 1 amide bonds. The standard InChI is InChI=1S/C23H24FN7O/c1-13(14-5-7-31(8-6-14)22(32)15-3-4-15)29-23-28-12-19(25-2)20(30-23)18-11-27-21-17(18)9-16(24)10-26-21/h9-15H,3-8H2,1H3,(H,26,27)(H,28,29,30). The lowest BCUT2D eigenvalue weighted by Gasteiger charge is -2.35. The monoisotopic (exact) mass is 433 g/mol. The molecule has 1 atom stereocenters. The molecule has 2 aliphatic rings. The van der Waals surface area contributed by atoms with Crippen molar-refractivity contribution in [1.29, 1.82) is 0 Å². The van der Waals surface area contributed by atoms with E-state index in [9.17, 15) is 9.18 Å². The second kappa shape index (κ2) is 8.19. The highest BCUT2D eigenvalue weighted by Gasteiger charge is 2.35. The first-order chi connectivity index (χ1) is 15.5. The van der Waals surface area contributed by atoms with E-state index in [1.165, 1.54) is 12.3 Å². The fourth-order valence-electron chi connectivity index (χ4n) is 4.43. The molecule has 4 heterocycles. The molecule has 164 valence electrons. The van der Waals surface area contributed by atoms with Crippen LogP contribution in [0.5, 0.6) is 0 Å². The van der Waals surface area contributed by atoms with Gasteiger partial charge in [0.15, 0.2) is 0 Å². The highest BCUT2D eigenvalue weighted by atomic mass is 19.1. The summed E-state index contributed by atoms with van der Waals surface area (Å²) in [6.45, 7) is 11.2. The minimum Gasteiger partial charge on any atom is -0.352 e. The van der Waals surface area contributed by atoms with Gasteiger partial charge in [-0.3, -0.25) is 4.79 Å². The van der Waals surface area contributed by atoms with E-state index >= 15 is 0 Å². The summed E-state index contributed by atoms with van der Waals surface area (Å²) in [5.74, 6) is 0.960. The molecule has 1 aliphatic carbocycles. The summed E-state index contributed by atoms with van der Waals surface area (Å²) in [4.78, 5) is 33.8. The first-order valence-electron chi connectivity index (χ1n) is 11.0. The molecule has 0 radical (unpaired) electrons. The molecule has 32 heavy (non-hydrogen) atoms. The van der Waals surface area contributed by atoms with Crippen molar-refractivity contribution in [3.05, 3.63) is 41.9 Å². The smallest absolute Gasteiger partial charge is 0.231 e. The number of pyridine rings is 1. The van der Waals surface area contributed by atoms with Crippen LogP contribution in [0.25, 0.3) is 27.1 Å². The highest BCUT2D eigenvalue weighted by Crippen LogP contribution is 2.35. The van der Waals surface area contributed by atoms with E-state index in [4.69, 9.17) is 6.57 Å². The molecular weight excluding hydrogens is 409 g/mol. The number of anilines is 1. The van der Waals surface area contributed by atoms with Gasteiger partial charge in [-0.05, 0) is 44.6 Å². The number of carbonyl (C=O) groups excluding carboxylic acids is 1. The lowest BCUT2D eigenvalue weighted by Crippen LogP contribution is -2.42. The Labute approximate surface area is 185 Å². The van der Waals surface area contributed by atoms with Crippen LogP contribution in [-0.4, -0.2) is 49.9 Å². The predicted octanol–water partition coefficient (Wildman–Crippen LogP) is 4.16. The lowest BCUT2D eigenvalue weighted by molar-refractivity contribution is -0.134. The fourth-order valence-corrected chi connectivity index (χ4v) is 4.43. The molecule has 1 unspecified atom stereocenters. The van der Waals surface area contributed by atoms with Gasteiger partial charge in [0.05, 0.1) is 18.5 Å². The fraction of sp³-hybridized carbons (Fsp3) is 0.435. The molecule has 0 bridgehead atoms. The van der Waals surface area contributed by atoms with Crippen molar-refractivity contribution in [2.45, 2.75) is 38.6 Å². The summed E-state index contributed by atoms with van der Waals surface area (Å²) in [7, 11) is 0. The van der Waals surface area contributed by atoms with Crippen molar-refractivity contribution in [3.8, 4) is 11.3 Å². The highest BCUT2D eigenvalue weighted by molar-refractivity contribution is 5.96. The number of piperidine rings is 1. The van der Waals surface area contributed by atoms with Crippen molar-refractivity contribution in [2.75, 3.05) is 18.4 Å². The number of hydrogen-bond acceptors (Lipinski definition) is 5. The van der Waals surface area contributed by atoms with Crippen molar-refractivity contribution in [3.63, 3.8) is 0 Å². The summed E-state index contributed by atoms with van der Waals surface area (Å²) in [6, 6.07) is 1.50. The van der Waals surface area contributed by atoms with E-state index in [0.29, 0.717) is 45.8 Å². The normalized spacial score (nSPS) is 17.8. The molecule has 2 N–H and O–H groups in total. The number of aromatic amines is 1. The van der Waals surface area contributed by atoms with Crippen molar-refractivity contribution >= 4 is 28.6 Å². The number of amides is 1. The maximum Gasteiger partial charge on any atom is 0.231 e. The summed E-state index contributed by atoms with van der Waals surface area (Å²) in [5, 5.41) is 3.95. The zero-order valence-electron chi connectivity index (χ0n) is 17.8. The molecule has 9 heteroatoms. The van der Waals surface area contributed by atoms with Crippen LogP contribution in [0, 0.1) is 24.2 Å². The Kier molecular flexibility index (Phi) is 5.21. The van der Waals surface area contributed by atoms with E-state index in [1.54, 1.807) is 6.20 Å². The zero-order valence-corrected chi connectivity index (χ0v) is 17.8. The average molecular weight is 433 g/mol. The number of nitrogens with one attached hydrogen (secondary N) is 2. The van der Waals surface area contributed by atoms with E-state index < -0.39 is 5.82 Å². The number of nitrogens with zero attached hydrogens (tertiary/aromatic N) is 5. The largest absolute Gasteiger partial charge is 0.352 e. The lowest BCUT2D eigenvalue weighted by atomic mass is 9.90. The Hall–Kier alpha value is -3.54. The van der Waals surface area contributed by atoms with Gasteiger partial charge in [0.1, 0.15) is 11.5 Å². The number of halogens is 1. The zero-order chi connectivity index (χ0) is 22.2. The van der Waals surface area contributed by atoms with Gasteiger partial charge in [0.25, 0.3) is 0 Å². The predicted molar refractivity (Wildman–Crippen MR) is 118 cm³/mol. The van der Waals surface area contributed by atoms with Crippen LogP contribution in [0.3, 0.4) is 0 Å². The van der Waals surface area contributed by atoms with Crippen molar-refractivity contribution in [2.24, 2.45) is 11.8 Å². The minimum atomic E-state index is -0.449. The summed E-state index contributed by atoms with van der Waals surface area (Å²) < 4.78 is 13.8. The Morgan fingerprint density at radius 3 is 2.78 bits per heavy atom. The Bertz CT molecular complexity index is 1200. The van der Waals surface area contributed by atoms with Crippen molar-refractivity contribution < 1.29 is 9.18 Å². The van der Waals surface area contributed by atoms with Crippen LogP contribution in [0.15, 0.2) is 24.7 Å². The van der Waals surface area contributed by atoms with Crippen LogP contribution >= 0.6 is 0 Å². The number of hydrogen-bond donors (Lipinski definition) is 2. The topological polar surface area (TPSA) is 91.2 Å². The number of rotatable bonds is 5. The van der Waals surface area contributed by atoms with E-state index in [-0.39, 0.29) is 12.0 Å². The Morgan fingerprint density at radius 1 is 1.28 bits per heavy atom. The number of fused-ring (bicyclic) bond motifs is 1. The van der Waals surface area contributed by atoms with Crippen LogP contribution in [0.4, 0.5) is 16.0 Å². The van der Waals surface area contributed by atoms with Gasteiger partial charge in [-0.1, -0.05) is 0 Å². The summed E-state index contributed by atoms with van der Waals surface area (Å²) in [5.41, 5.74) is 1.88. The van der Waals surface area contributed by atoms with Gasteiger partial charge in [0.2, 0.25) is 17.5 Å². The van der Waals surface area contributed by atoms with E-state index in [0.717, 1.165) is 45.0 Å². The maximum absolute atomic E-state index is 13.8. The molecule has 3 aromatic heterocycles. The van der Waals surface area contributed by atoms with Crippen LogP contribution < -0.4 is 5.32 Å². The van der Waals surface area contributed by atoms with Crippen LogP contribution in [0.1, 0.15) is 32.6 Å².